The number of fused-ring (bicyclic) bond motifs is 2. The Morgan fingerprint density at radius 3 is 2.54 bits per heavy atom. The van der Waals surface area contributed by atoms with E-state index in [0.717, 1.165) is 0 Å². The highest BCUT2D eigenvalue weighted by Crippen LogP contribution is 2.16. The zero-order valence-corrected chi connectivity index (χ0v) is 7.44. The van der Waals surface area contributed by atoms with Crippen molar-refractivity contribution in [2.75, 3.05) is 26.3 Å². The van der Waals surface area contributed by atoms with Gasteiger partial charge in [-0.15, -0.1) is 0 Å². The first-order chi connectivity index (χ1) is 6.29. The number of hydrogen-bond donors (Lipinski definition) is 0. The van der Waals surface area contributed by atoms with Crippen molar-refractivity contribution in [2.24, 2.45) is 0 Å². The normalized spacial score (nSPS) is 32.8. The van der Waals surface area contributed by atoms with Crippen molar-refractivity contribution < 1.29 is 14.3 Å². The second kappa shape index (κ2) is 3.47. The maximum Gasteiger partial charge on any atom is 0.246 e. The van der Waals surface area contributed by atoms with Crippen LogP contribution in [0.15, 0.2) is 12.7 Å². The highest BCUT2D eigenvalue weighted by molar-refractivity contribution is 5.87. The van der Waals surface area contributed by atoms with E-state index in [1.165, 1.54) is 6.08 Å². The van der Waals surface area contributed by atoms with E-state index >= 15 is 0 Å². The van der Waals surface area contributed by atoms with Crippen LogP contribution >= 0.6 is 0 Å². The van der Waals surface area contributed by atoms with E-state index in [1.807, 2.05) is 0 Å². The van der Waals surface area contributed by atoms with E-state index in [0.29, 0.717) is 26.3 Å². The molecule has 2 unspecified atom stereocenters. The maximum atomic E-state index is 11.3. The molecule has 2 bridgehead atoms. The van der Waals surface area contributed by atoms with Crippen molar-refractivity contribution in [3.8, 4) is 0 Å². The number of carbonyl (C=O) groups excluding carboxylic acids is 1. The van der Waals surface area contributed by atoms with E-state index in [-0.39, 0.29) is 18.1 Å². The Hall–Kier alpha value is -0.870. The molecule has 72 valence electrons. The lowest BCUT2D eigenvalue weighted by Crippen LogP contribution is -2.55. The molecule has 0 aliphatic carbocycles. The largest absolute Gasteiger partial charge is 0.376 e. The van der Waals surface area contributed by atoms with Crippen LogP contribution < -0.4 is 0 Å². The summed E-state index contributed by atoms with van der Waals surface area (Å²) < 4.78 is 10.9. The van der Waals surface area contributed by atoms with Crippen LogP contribution in [0, 0.1) is 0 Å². The lowest BCUT2D eigenvalue weighted by Gasteiger charge is -2.40. The monoisotopic (exact) mass is 183 g/mol. The molecule has 2 aliphatic rings. The van der Waals surface area contributed by atoms with E-state index in [2.05, 4.69) is 6.58 Å². The van der Waals surface area contributed by atoms with Crippen molar-refractivity contribution in [2.45, 2.75) is 12.2 Å². The minimum Gasteiger partial charge on any atom is -0.376 e. The van der Waals surface area contributed by atoms with Gasteiger partial charge in [-0.05, 0) is 6.08 Å². The molecule has 2 atom stereocenters. The van der Waals surface area contributed by atoms with Gasteiger partial charge in [0.2, 0.25) is 5.91 Å². The molecule has 0 N–H and O–H groups in total. The summed E-state index contributed by atoms with van der Waals surface area (Å²) in [5, 5.41) is 0. The zero-order valence-electron chi connectivity index (χ0n) is 7.44. The molecule has 2 heterocycles. The Bertz CT molecular complexity index is 217. The highest BCUT2D eigenvalue weighted by atomic mass is 16.6. The van der Waals surface area contributed by atoms with Gasteiger partial charge >= 0.3 is 0 Å². The van der Waals surface area contributed by atoms with Gasteiger partial charge in [0.1, 0.15) is 0 Å². The summed E-state index contributed by atoms with van der Waals surface area (Å²) in [6, 6.07) is 0. The van der Waals surface area contributed by atoms with Gasteiger partial charge in [-0.25, -0.2) is 0 Å². The molecular formula is C9H13NO3. The molecule has 0 aromatic rings. The van der Waals surface area contributed by atoms with Gasteiger partial charge in [-0.3, -0.25) is 4.79 Å². The molecule has 2 aliphatic heterocycles. The third-order valence-electron chi connectivity index (χ3n) is 2.33. The smallest absolute Gasteiger partial charge is 0.246 e. The number of rotatable bonds is 1. The lowest BCUT2D eigenvalue weighted by atomic mass is 10.2. The first-order valence-electron chi connectivity index (χ1n) is 4.44. The third-order valence-corrected chi connectivity index (χ3v) is 2.33. The Morgan fingerprint density at radius 1 is 1.38 bits per heavy atom. The van der Waals surface area contributed by atoms with Crippen LogP contribution in [0.1, 0.15) is 0 Å². The quantitative estimate of drug-likeness (QED) is 0.528. The van der Waals surface area contributed by atoms with E-state index in [9.17, 15) is 4.79 Å². The molecular weight excluding hydrogens is 170 g/mol. The van der Waals surface area contributed by atoms with Crippen molar-refractivity contribution in [3.63, 3.8) is 0 Å². The first kappa shape index (κ1) is 8.72. The SMILES string of the molecule is C=CC(=O)N1CC2COCC(C1)O2. The van der Waals surface area contributed by atoms with Crippen molar-refractivity contribution >= 4 is 5.91 Å². The van der Waals surface area contributed by atoms with E-state index < -0.39 is 0 Å². The minimum atomic E-state index is -0.0137. The molecule has 2 saturated heterocycles. The Labute approximate surface area is 77.1 Å². The van der Waals surface area contributed by atoms with Crippen LogP contribution in [0.3, 0.4) is 0 Å². The number of morpholine rings is 1. The average Bonchev–Trinajstić information content (AvgIpc) is 2.16. The number of ether oxygens (including phenoxy) is 2. The minimum absolute atomic E-state index is 0.0137. The van der Waals surface area contributed by atoms with E-state index in [4.69, 9.17) is 9.47 Å². The highest BCUT2D eigenvalue weighted by Gasteiger charge is 2.33. The second-order valence-electron chi connectivity index (χ2n) is 3.36. The molecule has 0 radical (unpaired) electrons. The van der Waals surface area contributed by atoms with Crippen molar-refractivity contribution in [1.82, 2.24) is 4.90 Å². The van der Waals surface area contributed by atoms with Gasteiger partial charge in [0.05, 0.1) is 25.4 Å². The van der Waals surface area contributed by atoms with Gasteiger partial charge in [0, 0.05) is 13.1 Å². The summed E-state index contributed by atoms with van der Waals surface area (Å²) in [5.41, 5.74) is 0. The van der Waals surface area contributed by atoms with Gasteiger partial charge in [-0.1, -0.05) is 6.58 Å². The molecule has 2 rings (SSSR count). The van der Waals surface area contributed by atoms with Crippen molar-refractivity contribution in [3.05, 3.63) is 12.7 Å². The van der Waals surface area contributed by atoms with Gasteiger partial charge in [0.15, 0.2) is 0 Å². The van der Waals surface area contributed by atoms with Crippen LogP contribution in [-0.2, 0) is 14.3 Å². The molecule has 13 heavy (non-hydrogen) atoms. The maximum absolute atomic E-state index is 11.3. The number of carbonyl (C=O) groups is 1. The topological polar surface area (TPSA) is 38.8 Å². The Morgan fingerprint density at radius 2 is 2.00 bits per heavy atom. The molecule has 0 saturated carbocycles. The summed E-state index contributed by atoms with van der Waals surface area (Å²) in [6.45, 7) is 5.91. The van der Waals surface area contributed by atoms with Crippen molar-refractivity contribution in [1.29, 1.82) is 0 Å². The Kier molecular flexibility index (Phi) is 2.33. The number of hydrogen-bond acceptors (Lipinski definition) is 3. The molecule has 4 nitrogen and oxygen atoms in total. The molecule has 1 amide bonds. The molecule has 0 aromatic carbocycles. The fourth-order valence-electron chi connectivity index (χ4n) is 1.75. The van der Waals surface area contributed by atoms with E-state index in [1.54, 1.807) is 4.90 Å². The molecule has 4 heteroatoms. The zero-order chi connectivity index (χ0) is 9.26. The van der Waals surface area contributed by atoms with Crippen LogP contribution in [0.2, 0.25) is 0 Å². The fourth-order valence-corrected chi connectivity index (χ4v) is 1.75. The van der Waals surface area contributed by atoms with Gasteiger partial charge < -0.3 is 14.4 Å². The van der Waals surface area contributed by atoms with Crippen LogP contribution in [0.4, 0.5) is 0 Å². The fraction of sp³-hybridized carbons (Fsp3) is 0.667. The van der Waals surface area contributed by atoms with Crippen LogP contribution in [0.5, 0.6) is 0 Å². The third kappa shape index (κ3) is 1.73. The lowest BCUT2D eigenvalue weighted by molar-refractivity contribution is -0.183. The second-order valence-corrected chi connectivity index (χ2v) is 3.36. The number of amides is 1. The predicted molar refractivity (Wildman–Crippen MR) is 46.3 cm³/mol. The first-order valence-corrected chi connectivity index (χ1v) is 4.44. The van der Waals surface area contributed by atoms with Crippen LogP contribution in [0.25, 0.3) is 0 Å². The standard InChI is InChI=1S/C9H13NO3/c1-2-9(11)10-3-7-5-12-6-8(4-10)13-7/h2,7-8H,1,3-6H2. The summed E-state index contributed by atoms with van der Waals surface area (Å²) in [7, 11) is 0. The molecule has 2 fully saturated rings. The summed E-state index contributed by atoms with van der Waals surface area (Å²) in [6.07, 6.45) is 1.45. The molecule has 0 aromatic heterocycles. The van der Waals surface area contributed by atoms with Gasteiger partial charge in [0.25, 0.3) is 0 Å². The predicted octanol–water partition coefficient (Wildman–Crippen LogP) is -0.201. The molecule has 0 spiro atoms. The average molecular weight is 183 g/mol. The van der Waals surface area contributed by atoms with Gasteiger partial charge in [-0.2, -0.15) is 0 Å². The summed E-state index contributed by atoms with van der Waals surface area (Å²) >= 11 is 0. The summed E-state index contributed by atoms with van der Waals surface area (Å²) in [5.74, 6) is -0.0137. The Balaban J connectivity index is 2.01. The number of nitrogens with zero attached hydrogens (tertiary/aromatic N) is 1. The van der Waals surface area contributed by atoms with Crippen LogP contribution in [-0.4, -0.2) is 49.3 Å². The summed E-state index contributed by atoms with van der Waals surface area (Å²) in [4.78, 5) is 13.1.